The van der Waals surface area contributed by atoms with Crippen molar-refractivity contribution in [2.45, 2.75) is 4.90 Å². The molecule has 5 heteroatoms. The molecule has 0 bridgehead atoms. The Morgan fingerprint density at radius 2 is 1.27 bits per heavy atom. The van der Waals surface area contributed by atoms with E-state index in [0.29, 0.717) is 5.70 Å². The molecule has 0 aliphatic rings. The van der Waals surface area contributed by atoms with E-state index in [-0.39, 0.29) is 4.90 Å². The van der Waals surface area contributed by atoms with Gasteiger partial charge in [0.1, 0.15) is 10.0 Å². The average molecular weight is 413 g/mol. The highest BCUT2D eigenvalue weighted by molar-refractivity contribution is 7.94. The number of benzene rings is 3. The van der Waals surface area contributed by atoms with E-state index in [9.17, 15) is 8.42 Å². The number of rotatable bonds is 6. The molecule has 1 heterocycles. The van der Waals surface area contributed by atoms with Crippen molar-refractivity contribution < 1.29 is 13.0 Å². The van der Waals surface area contributed by atoms with E-state index in [0.717, 1.165) is 16.8 Å². The van der Waals surface area contributed by atoms with Gasteiger partial charge in [-0.2, -0.15) is 4.57 Å². The van der Waals surface area contributed by atoms with Crippen molar-refractivity contribution in [1.29, 1.82) is 0 Å². The van der Waals surface area contributed by atoms with Crippen LogP contribution in [0.1, 0.15) is 5.56 Å². The standard InChI is InChI=1S/C25H20N2O2S/c28-30(29,23-16-8-3-9-17-23)26-20-25(22-14-6-2-7-15-22)27-19-11-10-18-24(27)21-12-4-1-5-13-21/h1-20H/b25-20-. The molecule has 0 N–H and O–H groups in total. The van der Waals surface area contributed by atoms with Crippen molar-refractivity contribution in [1.82, 2.24) is 0 Å². The van der Waals surface area contributed by atoms with E-state index in [2.05, 4.69) is 4.72 Å². The fourth-order valence-corrected chi connectivity index (χ4v) is 4.02. The molecular formula is C25H20N2O2S. The molecule has 3 aromatic carbocycles. The van der Waals surface area contributed by atoms with Gasteiger partial charge < -0.3 is 4.72 Å². The van der Waals surface area contributed by atoms with Crippen LogP contribution in [0.25, 0.3) is 21.7 Å². The van der Waals surface area contributed by atoms with Gasteiger partial charge in [-0.25, -0.2) is 8.42 Å². The minimum absolute atomic E-state index is 0.162. The third kappa shape index (κ3) is 4.31. The fraction of sp³-hybridized carbons (Fsp3) is 0. The molecule has 4 rings (SSSR count). The Kier molecular flexibility index (Phi) is 5.72. The molecule has 4 aromatic rings. The first-order valence-electron chi connectivity index (χ1n) is 9.49. The summed E-state index contributed by atoms with van der Waals surface area (Å²) in [6, 6.07) is 33.7. The summed E-state index contributed by atoms with van der Waals surface area (Å²) in [5.41, 5.74) is 3.47. The Bertz CT molecular complexity index is 1250. The third-order valence-electron chi connectivity index (χ3n) is 4.61. The van der Waals surface area contributed by atoms with E-state index in [1.54, 1.807) is 30.3 Å². The van der Waals surface area contributed by atoms with Crippen molar-refractivity contribution in [3.63, 3.8) is 0 Å². The van der Waals surface area contributed by atoms with Crippen LogP contribution >= 0.6 is 0 Å². The van der Waals surface area contributed by atoms with E-state index in [1.165, 1.54) is 6.20 Å². The van der Waals surface area contributed by atoms with E-state index in [4.69, 9.17) is 0 Å². The van der Waals surface area contributed by atoms with Crippen LogP contribution in [0, 0.1) is 0 Å². The van der Waals surface area contributed by atoms with Gasteiger partial charge >= 0.3 is 0 Å². The molecule has 0 aliphatic heterocycles. The molecule has 0 unspecified atom stereocenters. The molecule has 1 aromatic heterocycles. The maximum absolute atomic E-state index is 12.7. The summed E-state index contributed by atoms with van der Waals surface area (Å²) in [5, 5.41) is 0. The van der Waals surface area contributed by atoms with Crippen LogP contribution in [-0.4, -0.2) is 8.42 Å². The molecule has 0 aliphatic carbocycles. The normalized spacial score (nSPS) is 11.8. The monoisotopic (exact) mass is 412 g/mol. The summed E-state index contributed by atoms with van der Waals surface area (Å²) in [4.78, 5) is 0.162. The predicted molar refractivity (Wildman–Crippen MR) is 119 cm³/mol. The highest BCUT2D eigenvalue weighted by Gasteiger charge is 2.18. The number of sulfonamides is 1. The topological polar surface area (TPSA) is 52.1 Å². The minimum Gasteiger partial charge on any atom is -0.574 e. The van der Waals surface area contributed by atoms with Gasteiger partial charge in [0.15, 0.2) is 11.9 Å². The average Bonchev–Trinajstić information content (AvgIpc) is 2.81. The summed E-state index contributed by atoms with van der Waals surface area (Å²) in [5.74, 6) is 0. The zero-order valence-electron chi connectivity index (χ0n) is 16.2. The fourth-order valence-electron chi connectivity index (χ4n) is 3.15. The lowest BCUT2D eigenvalue weighted by Crippen LogP contribution is -2.35. The maximum Gasteiger partial charge on any atom is 0.218 e. The number of nitrogens with zero attached hydrogens (tertiary/aromatic N) is 2. The number of aromatic nitrogens is 1. The van der Waals surface area contributed by atoms with Crippen molar-refractivity contribution in [3.8, 4) is 11.3 Å². The Hall–Kier alpha value is -3.70. The molecular weight excluding hydrogens is 392 g/mol. The van der Waals surface area contributed by atoms with Gasteiger partial charge in [0.05, 0.1) is 4.90 Å². The summed E-state index contributed by atoms with van der Waals surface area (Å²) < 4.78 is 31.4. The van der Waals surface area contributed by atoms with Crippen LogP contribution in [0.15, 0.2) is 126 Å². The highest BCUT2D eigenvalue weighted by Crippen LogP contribution is 2.23. The first kappa shape index (κ1) is 19.6. The molecule has 0 radical (unpaired) electrons. The zero-order valence-corrected chi connectivity index (χ0v) is 17.0. The van der Waals surface area contributed by atoms with E-state index < -0.39 is 10.0 Å². The Morgan fingerprint density at radius 3 is 1.93 bits per heavy atom. The zero-order chi connectivity index (χ0) is 20.8. The largest absolute Gasteiger partial charge is 0.574 e. The second-order valence-electron chi connectivity index (χ2n) is 6.60. The van der Waals surface area contributed by atoms with Crippen LogP contribution < -0.4 is 4.57 Å². The van der Waals surface area contributed by atoms with Crippen molar-refractivity contribution in [2.75, 3.05) is 0 Å². The number of hydrogen-bond acceptors (Lipinski definition) is 2. The van der Waals surface area contributed by atoms with Crippen molar-refractivity contribution >= 4 is 15.7 Å². The third-order valence-corrected chi connectivity index (χ3v) is 5.86. The van der Waals surface area contributed by atoms with Crippen LogP contribution in [0.2, 0.25) is 0 Å². The first-order chi connectivity index (χ1) is 14.6. The molecule has 0 spiro atoms. The second-order valence-corrected chi connectivity index (χ2v) is 8.23. The molecule has 0 amide bonds. The SMILES string of the molecule is O=S(=O)([N-]/C=C(/c1ccccc1)[n+]1ccccc1-c1ccccc1)c1ccccc1. The van der Waals surface area contributed by atoms with Crippen molar-refractivity contribution in [2.24, 2.45) is 0 Å². The summed E-state index contributed by atoms with van der Waals surface area (Å²) in [6.07, 6.45) is 3.33. The summed E-state index contributed by atoms with van der Waals surface area (Å²) in [6.45, 7) is 0. The number of hydrogen-bond donors (Lipinski definition) is 0. The van der Waals surface area contributed by atoms with Gasteiger partial charge in [0, 0.05) is 23.3 Å². The van der Waals surface area contributed by atoms with Crippen molar-refractivity contribution in [3.05, 3.63) is 132 Å². The number of pyridine rings is 1. The molecule has 4 nitrogen and oxygen atoms in total. The first-order valence-corrected chi connectivity index (χ1v) is 10.9. The molecule has 0 atom stereocenters. The van der Waals surface area contributed by atoms with Crippen LogP contribution in [0.5, 0.6) is 0 Å². The van der Waals surface area contributed by atoms with Gasteiger partial charge in [0.25, 0.3) is 0 Å². The maximum atomic E-state index is 12.7. The van der Waals surface area contributed by atoms with E-state index >= 15 is 0 Å². The quantitative estimate of drug-likeness (QED) is 0.406. The Morgan fingerprint density at radius 1 is 0.700 bits per heavy atom. The van der Waals surface area contributed by atoms with Gasteiger partial charge in [-0.15, -0.1) is 0 Å². The van der Waals surface area contributed by atoms with Crippen LogP contribution in [-0.2, 0) is 10.0 Å². The highest BCUT2D eigenvalue weighted by atomic mass is 32.2. The molecule has 0 fully saturated rings. The van der Waals surface area contributed by atoms with Gasteiger partial charge in [-0.3, -0.25) is 0 Å². The van der Waals surface area contributed by atoms with Gasteiger partial charge in [0.2, 0.25) is 5.69 Å². The molecule has 0 saturated heterocycles. The lowest BCUT2D eigenvalue weighted by Gasteiger charge is -2.18. The van der Waals surface area contributed by atoms with Crippen LogP contribution in [0.4, 0.5) is 0 Å². The summed E-state index contributed by atoms with van der Waals surface area (Å²) in [7, 11) is -3.81. The molecule has 148 valence electrons. The lowest BCUT2D eigenvalue weighted by molar-refractivity contribution is -0.567. The van der Waals surface area contributed by atoms with Crippen LogP contribution in [0.3, 0.4) is 0 Å². The second kappa shape index (κ2) is 8.76. The summed E-state index contributed by atoms with van der Waals surface area (Å²) >= 11 is 0. The van der Waals surface area contributed by atoms with Gasteiger partial charge in [-0.1, -0.05) is 60.8 Å². The lowest BCUT2D eigenvalue weighted by atomic mass is 10.1. The molecule has 30 heavy (non-hydrogen) atoms. The molecule has 0 saturated carbocycles. The smallest absolute Gasteiger partial charge is 0.218 e. The predicted octanol–water partition coefficient (Wildman–Crippen LogP) is 5.25. The van der Waals surface area contributed by atoms with E-state index in [1.807, 2.05) is 89.6 Å². The minimum atomic E-state index is -3.81. The Balaban J connectivity index is 1.83. The van der Waals surface area contributed by atoms with Gasteiger partial charge in [-0.05, 0) is 42.5 Å². The Labute approximate surface area is 176 Å².